The number of carbonyl (C=O) groups excluding carboxylic acids is 1. The van der Waals surface area contributed by atoms with Crippen LogP contribution in [0.15, 0.2) is 30.5 Å². The van der Waals surface area contributed by atoms with E-state index in [-0.39, 0.29) is 5.88 Å². The van der Waals surface area contributed by atoms with Gasteiger partial charge in [0.1, 0.15) is 17.2 Å². The van der Waals surface area contributed by atoms with Gasteiger partial charge in [-0.2, -0.15) is 4.98 Å². The minimum Gasteiger partial charge on any atom is -0.480 e. The van der Waals surface area contributed by atoms with Crippen molar-refractivity contribution in [2.75, 3.05) is 50.2 Å². The highest BCUT2D eigenvalue weighted by atomic mass is 35.5. The maximum absolute atomic E-state index is 11.7. The van der Waals surface area contributed by atoms with Crippen LogP contribution in [0.1, 0.15) is 10.4 Å². The number of esters is 1. The molecular weight excluding hydrogens is 344 g/mol. The number of carbonyl (C=O) groups is 1. The van der Waals surface area contributed by atoms with Crippen molar-refractivity contribution in [1.29, 1.82) is 0 Å². The van der Waals surface area contributed by atoms with Gasteiger partial charge in [0.25, 0.3) is 0 Å². The van der Waals surface area contributed by atoms with Crippen LogP contribution in [0.25, 0.3) is 0 Å². The van der Waals surface area contributed by atoms with Gasteiger partial charge in [0.2, 0.25) is 5.88 Å². The minimum atomic E-state index is -0.467. The molecule has 132 valence electrons. The number of rotatable bonds is 4. The lowest BCUT2D eigenvalue weighted by Gasteiger charge is -2.36. The van der Waals surface area contributed by atoms with Gasteiger partial charge in [0.15, 0.2) is 0 Å². The van der Waals surface area contributed by atoms with Gasteiger partial charge in [-0.1, -0.05) is 11.6 Å². The highest BCUT2D eigenvalue weighted by Gasteiger charge is 2.22. The summed E-state index contributed by atoms with van der Waals surface area (Å²) >= 11 is 6.22. The zero-order valence-corrected chi connectivity index (χ0v) is 14.9. The number of piperazine rings is 1. The molecule has 0 spiro atoms. The normalized spacial score (nSPS) is 14.4. The Morgan fingerprint density at radius 2 is 1.84 bits per heavy atom. The van der Waals surface area contributed by atoms with Crippen LogP contribution in [-0.2, 0) is 4.74 Å². The second-order valence-electron chi connectivity index (χ2n) is 5.50. The summed E-state index contributed by atoms with van der Waals surface area (Å²) in [6.07, 6.45) is 1.74. The standard InChI is InChI=1S/C17H19ClN4O3/c1-24-16-12(17(23)25-2)5-6-14(20-16)21-8-10-22(11-9-21)15-13(18)4-3-7-19-15/h3-7H,8-11H2,1-2H3. The maximum atomic E-state index is 11.7. The van der Waals surface area contributed by atoms with Gasteiger partial charge in [-0.15, -0.1) is 0 Å². The molecule has 0 aliphatic carbocycles. The van der Waals surface area contributed by atoms with Crippen LogP contribution in [0.5, 0.6) is 5.88 Å². The van der Waals surface area contributed by atoms with Gasteiger partial charge in [-0.3, -0.25) is 0 Å². The molecule has 25 heavy (non-hydrogen) atoms. The minimum absolute atomic E-state index is 0.263. The number of anilines is 2. The lowest BCUT2D eigenvalue weighted by molar-refractivity contribution is 0.0596. The third kappa shape index (κ3) is 3.61. The largest absolute Gasteiger partial charge is 0.480 e. The van der Waals surface area contributed by atoms with E-state index >= 15 is 0 Å². The molecule has 1 fully saturated rings. The highest BCUT2D eigenvalue weighted by molar-refractivity contribution is 6.32. The molecule has 1 aliphatic rings. The van der Waals surface area contributed by atoms with Crippen molar-refractivity contribution < 1.29 is 14.3 Å². The molecule has 0 radical (unpaired) electrons. The van der Waals surface area contributed by atoms with Crippen LogP contribution in [0, 0.1) is 0 Å². The third-order valence-corrected chi connectivity index (χ3v) is 4.38. The van der Waals surface area contributed by atoms with E-state index in [1.807, 2.05) is 12.1 Å². The zero-order valence-electron chi connectivity index (χ0n) is 14.1. The van der Waals surface area contributed by atoms with E-state index < -0.39 is 5.97 Å². The van der Waals surface area contributed by atoms with Gasteiger partial charge >= 0.3 is 5.97 Å². The molecular formula is C17H19ClN4O3. The van der Waals surface area contributed by atoms with Crippen LogP contribution in [0.2, 0.25) is 5.02 Å². The summed E-state index contributed by atoms with van der Waals surface area (Å²) < 4.78 is 9.97. The lowest BCUT2D eigenvalue weighted by atomic mass is 10.2. The average Bonchev–Trinajstić information content (AvgIpc) is 2.67. The molecule has 2 aromatic rings. The van der Waals surface area contributed by atoms with Crippen molar-refractivity contribution in [3.05, 3.63) is 41.0 Å². The molecule has 0 bridgehead atoms. The zero-order chi connectivity index (χ0) is 17.8. The van der Waals surface area contributed by atoms with Crippen LogP contribution in [-0.4, -0.2) is 56.3 Å². The molecule has 2 aromatic heterocycles. The van der Waals surface area contributed by atoms with E-state index in [4.69, 9.17) is 21.1 Å². The molecule has 8 heteroatoms. The van der Waals surface area contributed by atoms with Gasteiger partial charge in [0.05, 0.1) is 19.2 Å². The number of aromatic nitrogens is 2. The van der Waals surface area contributed by atoms with Gasteiger partial charge in [-0.05, 0) is 24.3 Å². The Kier molecular flexibility index (Phi) is 5.23. The first-order valence-electron chi connectivity index (χ1n) is 7.88. The fourth-order valence-electron chi connectivity index (χ4n) is 2.79. The summed E-state index contributed by atoms with van der Waals surface area (Å²) in [4.78, 5) is 24.8. The SMILES string of the molecule is COC(=O)c1ccc(N2CCN(c3ncccc3Cl)CC2)nc1OC. The first kappa shape index (κ1) is 17.3. The number of hydrogen-bond acceptors (Lipinski definition) is 7. The summed E-state index contributed by atoms with van der Waals surface area (Å²) in [6, 6.07) is 7.14. The molecule has 3 heterocycles. The number of methoxy groups -OCH3 is 2. The van der Waals surface area contributed by atoms with Crippen LogP contribution < -0.4 is 14.5 Å². The maximum Gasteiger partial charge on any atom is 0.343 e. The molecule has 0 saturated carbocycles. The Bertz CT molecular complexity index is 763. The van der Waals surface area contributed by atoms with Crippen LogP contribution >= 0.6 is 11.6 Å². The number of ether oxygens (including phenoxy) is 2. The summed E-state index contributed by atoms with van der Waals surface area (Å²) in [5, 5.41) is 0.651. The van der Waals surface area contributed by atoms with Gasteiger partial charge < -0.3 is 19.3 Å². The summed E-state index contributed by atoms with van der Waals surface area (Å²) in [7, 11) is 2.82. The molecule has 0 N–H and O–H groups in total. The first-order chi connectivity index (χ1) is 12.1. The molecule has 0 aromatic carbocycles. The monoisotopic (exact) mass is 362 g/mol. The summed E-state index contributed by atoms with van der Waals surface area (Å²) in [5.74, 6) is 1.36. The smallest absolute Gasteiger partial charge is 0.343 e. The second-order valence-corrected chi connectivity index (χ2v) is 5.91. The molecule has 7 nitrogen and oxygen atoms in total. The van der Waals surface area contributed by atoms with E-state index in [1.54, 1.807) is 18.3 Å². The number of halogens is 1. The fourth-order valence-corrected chi connectivity index (χ4v) is 3.03. The van der Waals surface area contributed by atoms with E-state index in [0.29, 0.717) is 10.6 Å². The van der Waals surface area contributed by atoms with E-state index in [9.17, 15) is 4.79 Å². The van der Waals surface area contributed by atoms with Crippen molar-refractivity contribution in [3.63, 3.8) is 0 Å². The molecule has 1 aliphatic heterocycles. The predicted molar refractivity (Wildman–Crippen MR) is 95.8 cm³/mol. The fraction of sp³-hybridized carbons (Fsp3) is 0.353. The Morgan fingerprint density at radius 3 is 2.48 bits per heavy atom. The Balaban J connectivity index is 1.73. The summed E-state index contributed by atoms with van der Waals surface area (Å²) in [5.41, 5.74) is 0.313. The van der Waals surface area contributed by atoms with Crippen molar-refractivity contribution in [3.8, 4) is 5.88 Å². The van der Waals surface area contributed by atoms with Crippen molar-refractivity contribution in [1.82, 2.24) is 9.97 Å². The van der Waals surface area contributed by atoms with Crippen molar-refractivity contribution in [2.24, 2.45) is 0 Å². The average molecular weight is 363 g/mol. The van der Waals surface area contributed by atoms with Gasteiger partial charge in [-0.25, -0.2) is 9.78 Å². The number of hydrogen-bond donors (Lipinski definition) is 0. The van der Waals surface area contributed by atoms with E-state index in [1.165, 1.54) is 14.2 Å². The third-order valence-electron chi connectivity index (χ3n) is 4.09. The molecule has 0 atom stereocenters. The molecule has 1 saturated heterocycles. The number of pyridine rings is 2. The molecule has 0 unspecified atom stereocenters. The Hall–Kier alpha value is -2.54. The molecule has 0 amide bonds. The quantitative estimate of drug-likeness (QED) is 0.773. The summed E-state index contributed by atoms with van der Waals surface area (Å²) in [6.45, 7) is 3.08. The lowest BCUT2D eigenvalue weighted by Crippen LogP contribution is -2.47. The highest BCUT2D eigenvalue weighted by Crippen LogP contribution is 2.26. The predicted octanol–water partition coefficient (Wildman–Crippen LogP) is 2.25. The van der Waals surface area contributed by atoms with Gasteiger partial charge in [0, 0.05) is 32.4 Å². The van der Waals surface area contributed by atoms with E-state index in [2.05, 4.69) is 19.8 Å². The first-order valence-corrected chi connectivity index (χ1v) is 8.25. The van der Waals surface area contributed by atoms with E-state index in [0.717, 1.165) is 37.8 Å². The van der Waals surface area contributed by atoms with Crippen LogP contribution in [0.3, 0.4) is 0 Å². The number of nitrogens with zero attached hydrogens (tertiary/aromatic N) is 4. The van der Waals surface area contributed by atoms with Crippen molar-refractivity contribution >= 4 is 29.2 Å². The molecule has 3 rings (SSSR count). The Labute approximate surface area is 151 Å². The van der Waals surface area contributed by atoms with Crippen molar-refractivity contribution in [2.45, 2.75) is 0 Å². The topological polar surface area (TPSA) is 67.8 Å². The second kappa shape index (κ2) is 7.57. The van der Waals surface area contributed by atoms with Crippen LogP contribution in [0.4, 0.5) is 11.6 Å². The Morgan fingerprint density at radius 1 is 1.12 bits per heavy atom.